The van der Waals surface area contributed by atoms with Gasteiger partial charge in [-0.05, 0) is 6.42 Å². The quantitative estimate of drug-likeness (QED) is 0.547. The molecule has 1 fully saturated rings. The Hall–Kier alpha value is -1.00. The highest BCUT2D eigenvalue weighted by molar-refractivity contribution is 7.99. The molecule has 1 aliphatic rings. The third-order valence-electron chi connectivity index (χ3n) is 2.67. The number of amides is 2. The highest BCUT2D eigenvalue weighted by atomic mass is 32.2. The predicted molar refractivity (Wildman–Crippen MR) is 76.3 cm³/mol. The molecule has 116 valence electrons. The molecular weight excluding hydrogens is 306 g/mol. The van der Waals surface area contributed by atoms with Crippen molar-refractivity contribution in [2.45, 2.75) is 12.5 Å². The fraction of sp³-hybridized carbons (Fsp3) is 0.800. The van der Waals surface area contributed by atoms with Crippen LogP contribution in [0.5, 0.6) is 0 Å². The molecule has 8 nitrogen and oxygen atoms in total. The second kappa shape index (κ2) is 7.70. The van der Waals surface area contributed by atoms with Gasteiger partial charge in [0.15, 0.2) is 0 Å². The molecule has 0 saturated carbocycles. The van der Waals surface area contributed by atoms with Crippen LogP contribution in [0.4, 0.5) is 4.79 Å². The van der Waals surface area contributed by atoms with Gasteiger partial charge in [0.2, 0.25) is 10.0 Å². The van der Waals surface area contributed by atoms with E-state index in [0.717, 1.165) is 6.26 Å². The van der Waals surface area contributed by atoms with Gasteiger partial charge in [0.25, 0.3) is 0 Å². The van der Waals surface area contributed by atoms with E-state index in [1.807, 2.05) is 0 Å². The van der Waals surface area contributed by atoms with Gasteiger partial charge in [-0.1, -0.05) is 0 Å². The van der Waals surface area contributed by atoms with Crippen LogP contribution >= 0.6 is 11.8 Å². The molecule has 0 aromatic heterocycles. The number of nitrogens with zero attached hydrogens (tertiary/aromatic N) is 1. The summed E-state index contributed by atoms with van der Waals surface area (Å²) in [6.07, 6.45) is 1.51. The van der Waals surface area contributed by atoms with Crippen LogP contribution in [0.15, 0.2) is 0 Å². The fourth-order valence-electron chi connectivity index (χ4n) is 1.69. The lowest BCUT2D eigenvalue weighted by Gasteiger charge is -2.32. The van der Waals surface area contributed by atoms with Crippen molar-refractivity contribution in [3.05, 3.63) is 0 Å². The fourth-order valence-corrected chi connectivity index (χ4v) is 3.25. The van der Waals surface area contributed by atoms with Gasteiger partial charge in [0.1, 0.15) is 6.04 Å². The molecule has 2 amide bonds. The minimum atomic E-state index is -3.22. The van der Waals surface area contributed by atoms with Crippen LogP contribution < -0.4 is 10.0 Å². The second-order valence-corrected chi connectivity index (χ2v) is 7.36. The van der Waals surface area contributed by atoms with E-state index in [-0.39, 0.29) is 13.1 Å². The normalized spacial score (nSPS) is 19.6. The van der Waals surface area contributed by atoms with Crippen LogP contribution in [0.2, 0.25) is 0 Å². The maximum absolute atomic E-state index is 11.9. The van der Waals surface area contributed by atoms with E-state index in [1.54, 1.807) is 0 Å². The van der Waals surface area contributed by atoms with Crippen LogP contribution in [0.25, 0.3) is 0 Å². The van der Waals surface area contributed by atoms with Crippen molar-refractivity contribution in [2.75, 3.05) is 37.4 Å². The lowest BCUT2D eigenvalue weighted by atomic mass is 10.3. The minimum Gasteiger partial charge on any atom is -0.480 e. The van der Waals surface area contributed by atoms with E-state index in [9.17, 15) is 18.0 Å². The van der Waals surface area contributed by atoms with Gasteiger partial charge >= 0.3 is 12.0 Å². The molecule has 1 unspecified atom stereocenters. The van der Waals surface area contributed by atoms with E-state index < -0.39 is 28.1 Å². The number of hydrogen-bond acceptors (Lipinski definition) is 5. The van der Waals surface area contributed by atoms with Crippen LogP contribution in [-0.4, -0.2) is 73.9 Å². The number of carbonyl (C=O) groups excluding carboxylic acids is 1. The number of rotatable bonds is 6. The highest BCUT2D eigenvalue weighted by Gasteiger charge is 2.32. The summed E-state index contributed by atoms with van der Waals surface area (Å²) in [5.74, 6) is 0.0942. The zero-order valence-electron chi connectivity index (χ0n) is 11.2. The number of urea groups is 1. The minimum absolute atomic E-state index is 0.233. The maximum atomic E-state index is 11.9. The molecule has 20 heavy (non-hydrogen) atoms. The summed E-state index contributed by atoms with van der Waals surface area (Å²) in [6.45, 7) is 0.920. The molecule has 3 N–H and O–H groups in total. The zero-order chi connectivity index (χ0) is 15.2. The van der Waals surface area contributed by atoms with Crippen LogP contribution in [0, 0.1) is 0 Å². The first-order valence-corrected chi connectivity index (χ1v) is 9.15. The molecule has 1 aliphatic heterocycles. The van der Waals surface area contributed by atoms with E-state index in [2.05, 4.69) is 10.0 Å². The lowest BCUT2D eigenvalue weighted by molar-refractivity contribution is -0.141. The molecule has 0 bridgehead atoms. The third kappa shape index (κ3) is 5.97. The summed E-state index contributed by atoms with van der Waals surface area (Å²) in [7, 11) is -3.22. The first kappa shape index (κ1) is 17.1. The van der Waals surface area contributed by atoms with E-state index in [0.29, 0.717) is 24.5 Å². The summed E-state index contributed by atoms with van der Waals surface area (Å²) in [5.41, 5.74) is 0. The van der Waals surface area contributed by atoms with Gasteiger partial charge in [-0.15, -0.1) is 0 Å². The molecule has 0 spiro atoms. The Morgan fingerprint density at radius 1 is 1.40 bits per heavy atom. The average molecular weight is 325 g/mol. The first-order valence-electron chi connectivity index (χ1n) is 6.11. The molecule has 1 rings (SSSR count). The van der Waals surface area contributed by atoms with Crippen molar-refractivity contribution in [2.24, 2.45) is 0 Å². The molecule has 0 aromatic rings. The second-order valence-electron chi connectivity index (χ2n) is 4.37. The largest absolute Gasteiger partial charge is 0.480 e. The summed E-state index contributed by atoms with van der Waals surface area (Å²) >= 11 is 1.51. The summed E-state index contributed by atoms with van der Waals surface area (Å²) in [4.78, 5) is 24.2. The third-order valence-corrected chi connectivity index (χ3v) is 4.42. The SMILES string of the molecule is CS(=O)(=O)NCCCNC(=O)N1CCSCC1C(=O)O. The smallest absolute Gasteiger partial charge is 0.327 e. The van der Waals surface area contributed by atoms with Crippen molar-refractivity contribution in [3.63, 3.8) is 0 Å². The first-order chi connectivity index (χ1) is 9.31. The lowest BCUT2D eigenvalue weighted by Crippen LogP contribution is -2.54. The Balaban J connectivity index is 2.32. The van der Waals surface area contributed by atoms with Crippen molar-refractivity contribution in [1.29, 1.82) is 0 Å². The summed E-state index contributed by atoms with van der Waals surface area (Å²) in [6, 6.07) is -1.22. The van der Waals surface area contributed by atoms with Gasteiger partial charge in [-0.25, -0.2) is 22.7 Å². The summed E-state index contributed by atoms with van der Waals surface area (Å²) in [5, 5.41) is 11.6. The Kier molecular flexibility index (Phi) is 6.56. The molecule has 0 aliphatic carbocycles. The van der Waals surface area contributed by atoms with E-state index in [4.69, 9.17) is 5.11 Å². The summed E-state index contributed by atoms with van der Waals surface area (Å²) < 4.78 is 24.0. The molecule has 1 atom stereocenters. The highest BCUT2D eigenvalue weighted by Crippen LogP contribution is 2.16. The number of nitrogens with one attached hydrogen (secondary N) is 2. The van der Waals surface area contributed by atoms with Crippen molar-refractivity contribution in [3.8, 4) is 0 Å². The maximum Gasteiger partial charge on any atom is 0.327 e. The Bertz CT molecular complexity index is 454. The number of sulfonamides is 1. The Morgan fingerprint density at radius 2 is 2.10 bits per heavy atom. The molecule has 1 saturated heterocycles. The molecular formula is C10H19N3O5S2. The van der Waals surface area contributed by atoms with Gasteiger partial charge in [0.05, 0.1) is 6.26 Å². The van der Waals surface area contributed by atoms with Crippen molar-refractivity contribution < 1.29 is 23.1 Å². The van der Waals surface area contributed by atoms with E-state index >= 15 is 0 Å². The number of carboxylic acid groups (broad SMARTS) is 1. The topological polar surface area (TPSA) is 116 Å². The van der Waals surface area contributed by atoms with E-state index in [1.165, 1.54) is 16.7 Å². The van der Waals surface area contributed by atoms with Crippen molar-refractivity contribution >= 4 is 33.8 Å². The molecule has 10 heteroatoms. The van der Waals surface area contributed by atoms with Gasteiger partial charge in [-0.2, -0.15) is 11.8 Å². The number of carbonyl (C=O) groups is 2. The predicted octanol–water partition coefficient (Wildman–Crippen LogP) is -0.863. The number of carboxylic acids is 1. The van der Waals surface area contributed by atoms with Gasteiger partial charge < -0.3 is 15.3 Å². The average Bonchev–Trinajstić information content (AvgIpc) is 2.36. The molecule has 0 aromatic carbocycles. The van der Waals surface area contributed by atoms with Crippen LogP contribution in [0.1, 0.15) is 6.42 Å². The van der Waals surface area contributed by atoms with Crippen LogP contribution in [0.3, 0.4) is 0 Å². The standard InChI is InChI=1S/C10H19N3O5S2/c1-20(17,18)12-4-2-3-11-10(16)13-5-6-19-7-8(13)9(14)15/h8,12H,2-7H2,1H3,(H,11,16)(H,14,15). The van der Waals surface area contributed by atoms with Gasteiger partial charge in [0, 0.05) is 31.1 Å². The van der Waals surface area contributed by atoms with Crippen molar-refractivity contribution in [1.82, 2.24) is 14.9 Å². The Labute approximate surface area is 122 Å². The number of aliphatic carboxylic acids is 1. The monoisotopic (exact) mass is 325 g/mol. The number of thioether (sulfide) groups is 1. The van der Waals surface area contributed by atoms with Gasteiger partial charge in [-0.3, -0.25) is 0 Å². The molecule has 1 heterocycles. The van der Waals surface area contributed by atoms with Crippen LogP contribution in [-0.2, 0) is 14.8 Å². The zero-order valence-corrected chi connectivity index (χ0v) is 12.8. The Morgan fingerprint density at radius 3 is 2.70 bits per heavy atom. The number of hydrogen-bond donors (Lipinski definition) is 3. The molecule has 0 radical (unpaired) electrons.